The van der Waals surface area contributed by atoms with Crippen molar-refractivity contribution in [1.29, 1.82) is 5.26 Å². The molecule has 0 saturated carbocycles. The molecule has 25 heavy (non-hydrogen) atoms. The smallest absolute Gasteiger partial charge is 0.270 e. The summed E-state index contributed by atoms with van der Waals surface area (Å²) < 4.78 is 23.5. The van der Waals surface area contributed by atoms with E-state index in [0.29, 0.717) is 11.1 Å². The Kier molecular flexibility index (Phi) is 4.27. The Bertz CT molecular complexity index is 955. The van der Waals surface area contributed by atoms with E-state index in [2.05, 4.69) is 4.98 Å². The van der Waals surface area contributed by atoms with Crippen molar-refractivity contribution < 1.29 is 18.0 Å². The molecule has 0 N–H and O–H groups in total. The van der Waals surface area contributed by atoms with Gasteiger partial charge < -0.3 is 0 Å². The first-order valence-electron chi connectivity index (χ1n) is 7.65. The average molecular weight is 357 g/mol. The van der Waals surface area contributed by atoms with Gasteiger partial charge in [0.05, 0.1) is 17.5 Å². The van der Waals surface area contributed by atoms with E-state index in [1.807, 2.05) is 6.07 Å². The monoisotopic (exact) mass is 357 g/mol. The van der Waals surface area contributed by atoms with Crippen LogP contribution in [0.5, 0.6) is 0 Å². The number of hydrogen-bond donors (Lipinski definition) is 0. The maximum absolute atomic E-state index is 12.9. The molecular weight excluding hydrogens is 342 g/mol. The maximum atomic E-state index is 12.9. The summed E-state index contributed by atoms with van der Waals surface area (Å²) in [6, 6.07) is 4.56. The number of aromatic nitrogens is 1. The molecule has 128 valence electrons. The molecule has 1 saturated heterocycles. The van der Waals surface area contributed by atoms with Crippen LogP contribution in [-0.2, 0) is 19.4 Å². The first-order chi connectivity index (χ1) is 11.8. The molecule has 0 radical (unpaired) electrons. The van der Waals surface area contributed by atoms with Gasteiger partial charge in [-0.1, -0.05) is 6.07 Å². The summed E-state index contributed by atoms with van der Waals surface area (Å²) in [5.74, 6) is -1.63. The molecule has 2 aliphatic rings. The number of nitriles is 1. The van der Waals surface area contributed by atoms with Crippen LogP contribution < -0.4 is 0 Å². The minimum atomic E-state index is -3.28. The number of sulfone groups is 1. The molecule has 1 atom stereocenters. The van der Waals surface area contributed by atoms with E-state index in [0.717, 1.165) is 4.90 Å². The second kappa shape index (κ2) is 6.26. The topological polar surface area (TPSA) is 108 Å². The van der Waals surface area contributed by atoms with Gasteiger partial charge in [-0.2, -0.15) is 5.26 Å². The number of amides is 2. The largest absolute Gasteiger partial charge is 0.271 e. The third kappa shape index (κ3) is 3.10. The third-order valence-electron chi connectivity index (χ3n) is 4.34. The predicted molar refractivity (Wildman–Crippen MR) is 89.4 cm³/mol. The minimum absolute atomic E-state index is 0.0685. The fraction of sp³-hybridized carbons (Fsp3) is 0.294. The van der Waals surface area contributed by atoms with Crippen molar-refractivity contribution in [3.05, 3.63) is 46.8 Å². The van der Waals surface area contributed by atoms with Gasteiger partial charge >= 0.3 is 0 Å². The number of pyridine rings is 1. The van der Waals surface area contributed by atoms with Crippen molar-refractivity contribution in [3.8, 4) is 6.07 Å². The zero-order valence-corrected chi connectivity index (χ0v) is 14.3. The highest BCUT2D eigenvalue weighted by Crippen LogP contribution is 2.30. The van der Waals surface area contributed by atoms with Crippen LogP contribution >= 0.6 is 0 Å². The molecular formula is C17H15N3O4S. The van der Waals surface area contributed by atoms with Crippen LogP contribution in [0.25, 0.3) is 6.08 Å². The van der Waals surface area contributed by atoms with Gasteiger partial charge in [-0.25, -0.2) is 8.42 Å². The summed E-state index contributed by atoms with van der Waals surface area (Å²) in [4.78, 5) is 30.4. The second-order valence-corrected chi connectivity index (χ2v) is 8.22. The highest BCUT2D eigenvalue weighted by Gasteiger charge is 2.43. The van der Waals surface area contributed by atoms with Crippen molar-refractivity contribution in [3.63, 3.8) is 0 Å². The Hall–Kier alpha value is -2.79. The predicted octanol–water partition coefficient (Wildman–Crippen LogP) is 0.861. The van der Waals surface area contributed by atoms with Crippen LogP contribution in [0.15, 0.2) is 41.2 Å². The molecule has 0 aliphatic carbocycles. The van der Waals surface area contributed by atoms with E-state index >= 15 is 0 Å². The summed E-state index contributed by atoms with van der Waals surface area (Å²) in [6.07, 6.45) is 4.90. The molecule has 0 bridgehead atoms. The van der Waals surface area contributed by atoms with Gasteiger partial charge in [-0.05, 0) is 36.6 Å². The summed E-state index contributed by atoms with van der Waals surface area (Å²) >= 11 is 0. The Morgan fingerprint density at radius 2 is 2.12 bits per heavy atom. The first kappa shape index (κ1) is 17.0. The van der Waals surface area contributed by atoms with Crippen LogP contribution in [0.4, 0.5) is 0 Å². The van der Waals surface area contributed by atoms with E-state index in [1.165, 1.54) is 0 Å². The summed E-state index contributed by atoms with van der Waals surface area (Å²) in [6.45, 7) is 1.54. The molecule has 8 heteroatoms. The van der Waals surface area contributed by atoms with Gasteiger partial charge in [-0.15, -0.1) is 0 Å². The first-order valence-corrected chi connectivity index (χ1v) is 9.47. The fourth-order valence-electron chi connectivity index (χ4n) is 3.04. The summed E-state index contributed by atoms with van der Waals surface area (Å²) in [7, 11) is -3.28. The Balaban J connectivity index is 2.09. The van der Waals surface area contributed by atoms with Crippen LogP contribution in [-0.4, -0.2) is 47.7 Å². The number of carbonyl (C=O) groups excluding carboxylic acids is 2. The standard InChI is InChI=1S/C17H15N3O4S/c1-11-14(7-12-3-2-5-19-9-12)16(21)20(17(22)15(11)8-18)13-4-6-25(23,24)10-13/h2-3,5,7,9,13H,4,6,10H2,1H3. The molecule has 3 rings (SSSR count). The van der Waals surface area contributed by atoms with Crippen LogP contribution in [0.1, 0.15) is 18.9 Å². The lowest BCUT2D eigenvalue weighted by Crippen LogP contribution is -2.49. The maximum Gasteiger partial charge on any atom is 0.271 e. The molecule has 7 nitrogen and oxygen atoms in total. The number of rotatable bonds is 2. The molecule has 1 fully saturated rings. The molecule has 3 heterocycles. The lowest BCUT2D eigenvalue weighted by Gasteiger charge is -2.31. The number of nitrogens with zero attached hydrogens (tertiary/aromatic N) is 3. The molecule has 0 spiro atoms. The van der Waals surface area contributed by atoms with E-state index in [4.69, 9.17) is 0 Å². The molecule has 0 aromatic carbocycles. The van der Waals surface area contributed by atoms with E-state index in [9.17, 15) is 23.3 Å². The Labute approximate surface area is 145 Å². The zero-order chi connectivity index (χ0) is 18.2. The molecule has 1 aromatic heterocycles. The SMILES string of the molecule is CC1=C(C#N)C(=O)N(C2CCS(=O)(=O)C2)C(=O)C1=Cc1cccnc1. The van der Waals surface area contributed by atoms with Crippen molar-refractivity contribution in [2.75, 3.05) is 11.5 Å². The molecule has 1 aromatic rings. The van der Waals surface area contributed by atoms with Gasteiger partial charge in [0, 0.05) is 18.0 Å². The van der Waals surface area contributed by atoms with Crippen molar-refractivity contribution in [2.24, 2.45) is 0 Å². The van der Waals surface area contributed by atoms with Gasteiger partial charge in [0.2, 0.25) is 0 Å². The third-order valence-corrected chi connectivity index (χ3v) is 6.09. The minimum Gasteiger partial charge on any atom is -0.270 e. The van der Waals surface area contributed by atoms with E-state index < -0.39 is 27.7 Å². The van der Waals surface area contributed by atoms with Crippen LogP contribution in [0.2, 0.25) is 0 Å². The lowest BCUT2D eigenvalue weighted by molar-refractivity contribution is -0.142. The Morgan fingerprint density at radius 1 is 1.36 bits per heavy atom. The average Bonchev–Trinajstić information content (AvgIpc) is 2.92. The van der Waals surface area contributed by atoms with Gasteiger partial charge in [0.1, 0.15) is 11.6 Å². The van der Waals surface area contributed by atoms with Gasteiger partial charge in [-0.3, -0.25) is 19.5 Å². The highest BCUT2D eigenvalue weighted by atomic mass is 32.2. The molecule has 2 amide bonds. The summed E-state index contributed by atoms with van der Waals surface area (Å²) in [5, 5.41) is 9.34. The van der Waals surface area contributed by atoms with Crippen molar-refractivity contribution in [2.45, 2.75) is 19.4 Å². The molecule has 1 unspecified atom stereocenters. The quantitative estimate of drug-likeness (QED) is 0.574. The number of carbonyl (C=O) groups is 2. The van der Waals surface area contributed by atoms with Crippen LogP contribution in [0.3, 0.4) is 0 Å². The van der Waals surface area contributed by atoms with Gasteiger partial charge in [0.25, 0.3) is 11.8 Å². The van der Waals surface area contributed by atoms with Crippen molar-refractivity contribution in [1.82, 2.24) is 9.88 Å². The van der Waals surface area contributed by atoms with Gasteiger partial charge in [0.15, 0.2) is 9.84 Å². The zero-order valence-electron chi connectivity index (χ0n) is 13.5. The Morgan fingerprint density at radius 3 is 2.68 bits per heavy atom. The summed E-state index contributed by atoms with van der Waals surface area (Å²) in [5.41, 5.74) is 1.00. The highest BCUT2D eigenvalue weighted by molar-refractivity contribution is 7.91. The molecule has 2 aliphatic heterocycles. The number of hydrogen-bond acceptors (Lipinski definition) is 6. The van der Waals surface area contributed by atoms with E-state index in [-0.39, 0.29) is 29.1 Å². The van der Waals surface area contributed by atoms with Crippen molar-refractivity contribution >= 4 is 27.7 Å². The van der Waals surface area contributed by atoms with Crippen LogP contribution in [0, 0.1) is 11.3 Å². The lowest BCUT2D eigenvalue weighted by atomic mass is 9.92. The fourth-order valence-corrected chi connectivity index (χ4v) is 4.74. The normalized spacial score (nSPS) is 24.7. The second-order valence-electron chi connectivity index (χ2n) is 5.99. The van der Waals surface area contributed by atoms with E-state index in [1.54, 1.807) is 37.5 Å². The number of imide groups is 1.